The lowest BCUT2D eigenvalue weighted by Gasteiger charge is -2.39. The lowest BCUT2D eigenvalue weighted by molar-refractivity contribution is -0.140. The minimum atomic E-state index is -0.381. The molecule has 1 unspecified atom stereocenters. The van der Waals surface area contributed by atoms with Crippen molar-refractivity contribution in [3.63, 3.8) is 0 Å². The van der Waals surface area contributed by atoms with E-state index in [9.17, 15) is 4.79 Å². The monoisotopic (exact) mass is 338 g/mol. The molecular formula is C18H27ClN2O2. The maximum Gasteiger partial charge on any atom is 0.233 e. The van der Waals surface area contributed by atoms with Crippen molar-refractivity contribution in [3.8, 4) is 0 Å². The van der Waals surface area contributed by atoms with Gasteiger partial charge < -0.3 is 15.0 Å². The fraction of sp³-hybridized carbons (Fsp3) is 0.611. The molecule has 0 aromatic heterocycles. The number of carbonyl (C=O) groups is 1. The molecule has 23 heavy (non-hydrogen) atoms. The van der Waals surface area contributed by atoms with Gasteiger partial charge in [-0.2, -0.15) is 0 Å². The fourth-order valence-electron chi connectivity index (χ4n) is 3.88. The van der Waals surface area contributed by atoms with Gasteiger partial charge in [0.1, 0.15) is 0 Å². The molecule has 1 atom stereocenters. The van der Waals surface area contributed by atoms with Crippen molar-refractivity contribution >= 4 is 18.3 Å². The highest BCUT2D eigenvalue weighted by Crippen LogP contribution is 2.37. The van der Waals surface area contributed by atoms with Gasteiger partial charge >= 0.3 is 0 Å². The first-order valence-electron chi connectivity index (χ1n) is 8.33. The molecule has 5 heteroatoms. The number of hydrogen-bond donors (Lipinski definition) is 1. The lowest BCUT2D eigenvalue weighted by atomic mass is 9.73. The van der Waals surface area contributed by atoms with Crippen LogP contribution in [0.4, 0.5) is 0 Å². The van der Waals surface area contributed by atoms with Gasteiger partial charge in [-0.05, 0) is 44.3 Å². The van der Waals surface area contributed by atoms with Crippen LogP contribution in [0.15, 0.2) is 30.3 Å². The van der Waals surface area contributed by atoms with E-state index in [1.807, 2.05) is 25.2 Å². The number of nitrogens with one attached hydrogen (secondary N) is 1. The Hall–Kier alpha value is -1.10. The van der Waals surface area contributed by atoms with Crippen molar-refractivity contribution in [3.05, 3.63) is 35.9 Å². The van der Waals surface area contributed by atoms with Crippen molar-refractivity contribution in [2.75, 3.05) is 39.9 Å². The second-order valence-corrected chi connectivity index (χ2v) is 6.52. The van der Waals surface area contributed by atoms with Crippen molar-refractivity contribution in [1.29, 1.82) is 0 Å². The van der Waals surface area contributed by atoms with E-state index in [1.54, 1.807) is 0 Å². The number of carbonyl (C=O) groups excluding carboxylic acids is 1. The van der Waals surface area contributed by atoms with Crippen molar-refractivity contribution in [2.45, 2.75) is 24.7 Å². The van der Waals surface area contributed by atoms with E-state index < -0.39 is 0 Å². The predicted molar refractivity (Wildman–Crippen MR) is 94.0 cm³/mol. The molecule has 2 fully saturated rings. The number of amides is 1. The highest BCUT2D eigenvalue weighted by Gasteiger charge is 2.45. The van der Waals surface area contributed by atoms with E-state index in [0.29, 0.717) is 25.0 Å². The summed E-state index contributed by atoms with van der Waals surface area (Å²) in [6.45, 7) is 4.11. The van der Waals surface area contributed by atoms with Crippen LogP contribution in [0.25, 0.3) is 0 Å². The molecule has 0 aliphatic carbocycles. The van der Waals surface area contributed by atoms with Crippen molar-refractivity contribution in [1.82, 2.24) is 10.2 Å². The van der Waals surface area contributed by atoms with Crippen LogP contribution in [-0.4, -0.2) is 50.7 Å². The number of halogens is 1. The predicted octanol–water partition coefficient (Wildman–Crippen LogP) is 2.22. The summed E-state index contributed by atoms with van der Waals surface area (Å²) < 4.78 is 5.54. The zero-order valence-corrected chi connectivity index (χ0v) is 14.6. The Morgan fingerprint density at radius 1 is 1.30 bits per heavy atom. The Morgan fingerprint density at radius 2 is 2.00 bits per heavy atom. The summed E-state index contributed by atoms with van der Waals surface area (Å²) in [5.74, 6) is 0.891. The van der Waals surface area contributed by atoms with Crippen LogP contribution in [0.1, 0.15) is 24.8 Å². The van der Waals surface area contributed by atoms with E-state index in [0.717, 1.165) is 44.5 Å². The smallest absolute Gasteiger partial charge is 0.233 e. The number of hydrogen-bond acceptors (Lipinski definition) is 3. The second kappa shape index (κ2) is 8.13. The van der Waals surface area contributed by atoms with Gasteiger partial charge in [0.2, 0.25) is 5.91 Å². The third-order valence-corrected chi connectivity index (χ3v) is 5.15. The molecule has 0 radical (unpaired) electrons. The highest BCUT2D eigenvalue weighted by molar-refractivity contribution is 5.88. The minimum Gasteiger partial charge on any atom is -0.381 e. The summed E-state index contributed by atoms with van der Waals surface area (Å²) in [5.41, 5.74) is 0.772. The number of rotatable bonds is 4. The Morgan fingerprint density at radius 3 is 2.65 bits per heavy atom. The van der Waals surface area contributed by atoms with Gasteiger partial charge in [-0.3, -0.25) is 4.79 Å². The fourth-order valence-corrected chi connectivity index (χ4v) is 3.88. The Kier molecular flexibility index (Phi) is 6.45. The summed E-state index contributed by atoms with van der Waals surface area (Å²) in [7, 11) is 1.98. The Labute approximate surface area is 145 Å². The zero-order chi connectivity index (χ0) is 15.4. The third-order valence-electron chi connectivity index (χ3n) is 5.15. The highest BCUT2D eigenvalue weighted by atomic mass is 35.5. The van der Waals surface area contributed by atoms with Gasteiger partial charge in [0.15, 0.2) is 0 Å². The molecule has 3 rings (SSSR count). The molecule has 2 aliphatic heterocycles. The Bertz CT molecular complexity index is 503. The van der Waals surface area contributed by atoms with Crippen LogP contribution in [-0.2, 0) is 14.9 Å². The quantitative estimate of drug-likeness (QED) is 0.915. The summed E-state index contributed by atoms with van der Waals surface area (Å²) in [6, 6.07) is 10.3. The van der Waals surface area contributed by atoms with Crippen LogP contribution in [0.3, 0.4) is 0 Å². The molecule has 128 valence electrons. The summed E-state index contributed by atoms with van der Waals surface area (Å²) in [5, 5.41) is 3.23. The maximum atomic E-state index is 13.3. The van der Waals surface area contributed by atoms with E-state index >= 15 is 0 Å². The second-order valence-electron chi connectivity index (χ2n) is 6.52. The molecule has 1 amide bonds. The van der Waals surface area contributed by atoms with E-state index in [-0.39, 0.29) is 17.8 Å². The Balaban J connectivity index is 0.00000192. The maximum absolute atomic E-state index is 13.3. The van der Waals surface area contributed by atoms with Crippen molar-refractivity contribution in [2.24, 2.45) is 5.92 Å². The zero-order valence-electron chi connectivity index (χ0n) is 13.8. The van der Waals surface area contributed by atoms with E-state index in [1.165, 1.54) is 0 Å². The lowest BCUT2D eigenvalue weighted by Crippen LogP contribution is -2.49. The molecule has 0 saturated carbocycles. The average molecular weight is 339 g/mol. The SMILES string of the molecule is CNCC1CCN(C(=O)C2(c3ccccc3)CCOCC2)C1.Cl. The van der Waals surface area contributed by atoms with Crippen molar-refractivity contribution < 1.29 is 9.53 Å². The number of nitrogens with zero attached hydrogens (tertiary/aromatic N) is 1. The van der Waals surface area contributed by atoms with Crippen LogP contribution < -0.4 is 5.32 Å². The van der Waals surface area contributed by atoms with E-state index in [2.05, 4.69) is 22.3 Å². The minimum absolute atomic E-state index is 0. The van der Waals surface area contributed by atoms with Gasteiger partial charge in [0, 0.05) is 26.3 Å². The molecule has 2 aliphatic rings. The van der Waals surface area contributed by atoms with Gasteiger partial charge in [-0.1, -0.05) is 30.3 Å². The van der Waals surface area contributed by atoms with Crippen LogP contribution in [0, 0.1) is 5.92 Å². The van der Waals surface area contributed by atoms with Crippen LogP contribution >= 0.6 is 12.4 Å². The molecule has 1 aromatic carbocycles. The largest absolute Gasteiger partial charge is 0.381 e. The van der Waals surface area contributed by atoms with Gasteiger partial charge in [0.25, 0.3) is 0 Å². The average Bonchev–Trinajstić information content (AvgIpc) is 3.04. The van der Waals surface area contributed by atoms with Gasteiger partial charge in [-0.25, -0.2) is 0 Å². The van der Waals surface area contributed by atoms with E-state index in [4.69, 9.17) is 4.74 Å². The summed E-state index contributed by atoms with van der Waals surface area (Å²) in [4.78, 5) is 15.4. The molecular weight excluding hydrogens is 312 g/mol. The van der Waals surface area contributed by atoms with Gasteiger partial charge in [0.05, 0.1) is 5.41 Å². The standard InChI is InChI=1S/C18H26N2O2.ClH/c1-19-13-15-7-10-20(14-15)17(21)18(8-11-22-12-9-18)16-5-3-2-4-6-16;/h2-6,15,19H,7-14H2,1H3;1H. The first kappa shape index (κ1) is 18.2. The summed E-state index contributed by atoms with van der Waals surface area (Å²) in [6.07, 6.45) is 2.69. The van der Waals surface area contributed by atoms with Crippen LogP contribution in [0.5, 0.6) is 0 Å². The molecule has 2 saturated heterocycles. The number of likely N-dealkylation sites (tertiary alicyclic amines) is 1. The number of ether oxygens (including phenoxy) is 1. The molecule has 0 spiro atoms. The topological polar surface area (TPSA) is 41.6 Å². The third kappa shape index (κ3) is 3.70. The normalized spacial score (nSPS) is 23.3. The molecule has 1 aromatic rings. The summed E-state index contributed by atoms with van der Waals surface area (Å²) >= 11 is 0. The molecule has 0 bridgehead atoms. The number of benzene rings is 1. The molecule has 2 heterocycles. The van der Waals surface area contributed by atoms with Crippen LogP contribution in [0.2, 0.25) is 0 Å². The molecule has 4 nitrogen and oxygen atoms in total. The first-order valence-corrected chi connectivity index (χ1v) is 8.33. The van der Waals surface area contributed by atoms with Gasteiger partial charge in [-0.15, -0.1) is 12.4 Å². The molecule has 1 N–H and O–H groups in total. The first-order chi connectivity index (χ1) is 10.8.